The third-order valence-electron chi connectivity index (χ3n) is 4.65. The fourth-order valence-corrected chi connectivity index (χ4v) is 3.43. The van der Waals surface area contributed by atoms with E-state index in [9.17, 15) is 9.82 Å². The average Bonchev–Trinajstić information content (AvgIpc) is 2.73. The summed E-state index contributed by atoms with van der Waals surface area (Å²) in [5.41, 5.74) is 3.48. The van der Waals surface area contributed by atoms with Crippen LogP contribution in [0.2, 0.25) is 5.02 Å². The fraction of sp³-hybridized carbons (Fsp3) is 0.0476. The van der Waals surface area contributed by atoms with E-state index in [0.29, 0.717) is 10.5 Å². The Morgan fingerprint density at radius 3 is 2.64 bits per heavy atom. The number of carbonyl (C=O) groups is 1. The molecule has 0 bridgehead atoms. The topological polar surface area (TPSA) is 62.1 Å². The Morgan fingerprint density at radius 2 is 1.86 bits per heavy atom. The van der Waals surface area contributed by atoms with Crippen LogP contribution >= 0.6 is 11.6 Å². The summed E-state index contributed by atoms with van der Waals surface area (Å²) < 4.78 is 5.43. The van der Waals surface area contributed by atoms with Crippen LogP contribution in [-0.4, -0.2) is 36.2 Å². The first-order chi connectivity index (χ1) is 13.6. The number of carbonyl (C=O) groups excluding carboxylic acids is 1. The van der Waals surface area contributed by atoms with Crippen LogP contribution in [0.5, 0.6) is 5.75 Å². The molecule has 5 nitrogen and oxygen atoms in total. The van der Waals surface area contributed by atoms with Crippen LogP contribution in [0.15, 0.2) is 71.8 Å². The second kappa shape index (κ2) is 7.50. The summed E-state index contributed by atoms with van der Waals surface area (Å²) in [7, 11) is 0.427. The summed E-state index contributed by atoms with van der Waals surface area (Å²) >= 11 is 6.11. The molecule has 0 saturated heterocycles. The van der Waals surface area contributed by atoms with Crippen molar-refractivity contribution in [3.8, 4) is 16.9 Å². The molecule has 0 aliphatic carbocycles. The van der Waals surface area contributed by atoms with Gasteiger partial charge in [-0.2, -0.15) is 5.10 Å². The Bertz CT molecular complexity index is 1090. The number of hydrazone groups is 1. The highest BCUT2D eigenvalue weighted by molar-refractivity contribution is 6.68. The van der Waals surface area contributed by atoms with Crippen LogP contribution in [0.4, 0.5) is 0 Å². The molecule has 0 fully saturated rings. The third kappa shape index (κ3) is 3.17. The molecule has 1 N–H and O–H groups in total. The van der Waals surface area contributed by atoms with E-state index >= 15 is 0 Å². The van der Waals surface area contributed by atoms with E-state index < -0.39 is 13.0 Å². The number of fused-ring (bicyclic) bond motifs is 1. The van der Waals surface area contributed by atoms with Gasteiger partial charge in [-0.3, -0.25) is 4.79 Å². The van der Waals surface area contributed by atoms with Gasteiger partial charge in [0.15, 0.2) is 0 Å². The van der Waals surface area contributed by atoms with Crippen molar-refractivity contribution in [2.24, 2.45) is 5.10 Å². The molecule has 0 unspecified atom stereocenters. The van der Waals surface area contributed by atoms with Gasteiger partial charge in [0.1, 0.15) is 5.75 Å². The number of amides is 1. The maximum absolute atomic E-state index is 12.8. The molecule has 1 aliphatic rings. The number of ether oxygens (including phenoxy) is 1. The van der Waals surface area contributed by atoms with Crippen molar-refractivity contribution in [3.63, 3.8) is 0 Å². The van der Waals surface area contributed by atoms with Gasteiger partial charge in [0, 0.05) is 5.56 Å². The number of para-hydroxylation sites is 1. The second-order valence-corrected chi connectivity index (χ2v) is 6.70. The van der Waals surface area contributed by atoms with Crippen LogP contribution in [0.3, 0.4) is 0 Å². The molecule has 7 heteroatoms. The second-order valence-electron chi connectivity index (χ2n) is 6.29. The van der Waals surface area contributed by atoms with Gasteiger partial charge >= 0.3 is 7.05 Å². The molecule has 1 aliphatic heterocycles. The standard InChI is InChI=1S/C21H16BClN2O3/c1-28-20-9-5-3-6-16(20)14-10-11-18-15(12-14)13-24-25(22(18)27)21(26)17-7-2-4-8-19(17)23/h2-13,27H,1H3. The Labute approximate surface area is 168 Å². The van der Waals surface area contributed by atoms with E-state index in [1.807, 2.05) is 36.4 Å². The van der Waals surface area contributed by atoms with Crippen molar-refractivity contribution >= 4 is 36.2 Å². The van der Waals surface area contributed by atoms with Crippen molar-refractivity contribution in [1.82, 2.24) is 4.92 Å². The molecule has 0 radical (unpaired) electrons. The monoisotopic (exact) mass is 390 g/mol. The number of methoxy groups -OCH3 is 1. The highest BCUT2D eigenvalue weighted by Crippen LogP contribution is 2.30. The van der Waals surface area contributed by atoms with E-state index in [1.54, 1.807) is 43.7 Å². The van der Waals surface area contributed by atoms with Crippen molar-refractivity contribution < 1.29 is 14.6 Å². The first-order valence-corrected chi connectivity index (χ1v) is 9.05. The van der Waals surface area contributed by atoms with Gasteiger partial charge in [-0.1, -0.05) is 54.1 Å². The van der Waals surface area contributed by atoms with Gasteiger partial charge in [-0.05, 0) is 40.9 Å². The molecule has 0 atom stereocenters. The summed E-state index contributed by atoms with van der Waals surface area (Å²) in [6.07, 6.45) is 1.57. The Kier molecular flexibility index (Phi) is 4.90. The summed E-state index contributed by atoms with van der Waals surface area (Å²) in [6, 6.07) is 20.0. The van der Waals surface area contributed by atoms with Crippen molar-refractivity contribution in [2.45, 2.75) is 0 Å². The number of nitrogens with zero attached hydrogens (tertiary/aromatic N) is 2. The van der Waals surface area contributed by atoms with Crippen LogP contribution in [0.25, 0.3) is 11.1 Å². The molecule has 0 saturated carbocycles. The van der Waals surface area contributed by atoms with Gasteiger partial charge in [0.2, 0.25) is 0 Å². The minimum Gasteiger partial charge on any atom is -0.496 e. The zero-order valence-corrected chi connectivity index (χ0v) is 15.8. The smallest absolute Gasteiger partial charge is 0.474 e. The van der Waals surface area contributed by atoms with Crippen LogP contribution in [0.1, 0.15) is 15.9 Å². The highest BCUT2D eigenvalue weighted by atomic mass is 35.5. The molecule has 0 spiro atoms. The Morgan fingerprint density at radius 1 is 1.11 bits per heavy atom. The largest absolute Gasteiger partial charge is 0.496 e. The Hall–Kier alpha value is -3.09. The minimum absolute atomic E-state index is 0.287. The number of halogens is 1. The van der Waals surface area contributed by atoms with Gasteiger partial charge in [-0.25, -0.2) is 4.92 Å². The summed E-state index contributed by atoms with van der Waals surface area (Å²) in [4.78, 5) is 13.8. The van der Waals surface area contributed by atoms with E-state index in [-0.39, 0.29) is 5.56 Å². The van der Waals surface area contributed by atoms with Gasteiger partial charge in [0.25, 0.3) is 5.91 Å². The van der Waals surface area contributed by atoms with E-state index in [2.05, 4.69) is 5.10 Å². The molecule has 0 aromatic heterocycles. The minimum atomic E-state index is -1.20. The first-order valence-electron chi connectivity index (χ1n) is 8.67. The van der Waals surface area contributed by atoms with Crippen LogP contribution < -0.4 is 10.2 Å². The molecule has 4 rings (SSSR count). The SMILES string of the molecule is COc1ccccc1-c1ccc2c(c1)C=NN(C(=O)c1ccccc1Cl)B2O. The van der Waals surface area contributed by atoms with Crippen LogP contribution in [0, 0.1) is 0 Å². The zero-order chi connectivity index (χ0) is 19.7. The fourth-order valence-electron chi connectivity index (χ4n) is 3.21. The van der Waals surface area contributed by atoms with Crippen LogP contribution in [-0.2, 0) is 0 Å². The summed E-state index contributed by atoms with van der Waals surface area (Å²) in [5.74, 6) is 0.292. The molecule has 3 aromatic carbocycles. The molecule has 28 heavy (non-hydrogen) atoms. The van der Waals surface area contributed by atoms with E-state index in [1.165, 1.54) is 0 Å². The molecule has 1 amide bonds. The number of hydrogen-bond donors (Lipinski definition) is 1. The summed E-state index contributed by atoms with van der Waals surface area (Å²) in [5, 5.41) is 15.2. The first kappa shape index (κ1) is 18.3. The average molecular weight is 391 g/mol. The predicted octanol–water partition coefficient (Wildman–Crippen LogP) is 3.19. The summed E-state index contributed by atoms with van der Waals surface area (Å²) in [6.45, 7) is 0. The maximum atomic E-state index is 12.8. The molecule has 3 aromatic rings. The predicted molar refractivity (Wildman–Crippen MR) is 111 cm³/mol. The molecular weight excluding hydrogens is 375 g/mol. The number of benzene rings is 3. The lowest BCUT2D eigenvalue weighted by Crippen LogP contribution is -2.52. The van der Waals surface area contributed by atoms with Gasteiger partial charge in [0.05, 0.1) is 23.9 Å². The van der Waals surface area contributed by atoms with Crippen molar-refractivity contribution in [1.29, 1.82) is 0 Å². The van der Waals surface area contributed by atoms with Gasteiger partial charge < -0.3 is 9.76 Å². The lowest BCUT2D eigenvalue weighted by Gasteiger charge is -2.25. The normalized spacial score (nSPS) is 12.7. The van der Waals surface area contributed by atoms with E-state index in [0.717, 1.165) is 27.4 Å². The van der Waals surface area contributed by atoms with Gasteiger partial charge in [-0.15, -0.1) is 0 Å². The molecule has 138 valence electrons. The lowest BCUT2D eigenvalue weighted by molar-refractivity contribution is 0.0846. The van der Waals surface area contributed by atoms with E-state index in [4.69, 9.17) is 16.3 Å². The van der Waals surface area contributed by atoms with Crippen molar-refractivity contribution in [2.75, 3.05) is 7.11 Å². The third-order valence-corrected chi connectivity index (χ3v) is 4.98. The Balaban J connectivity index is 1.69. The number of rotatable bonds is 3. The number of hydrogen-bond acceptors (Lipinski definition) is 4. The highest BCUT2D eigenvalue weighted by Gasteiger charge is 2.34. The maximum Gasteiger partial charge on any atom is 0.474 e. The van der Waals surface area contributed by atoms with Crippen molar-refractivity contribution in [3.05, 3.63) is 82.9 Å². The molecule has 1 heterocycles. The zero-order valence-electron chi connectivity index (χ0n) is 15.0. The molecular formula is C21H16BClN2O3. The quantitative estimate of drug-likeness (QED) is 0.699. The lowest BCUT2D eigenvalue weighted by atomic mass is 9.69.